The maximum atomic E-state index is 13.4. The Labute approximate surface area is 222 Å². The first-order valence-corrected chi connectivity index (χ1v) is 13.3. The number of rotatable bonds is 9. The number of carbonyl (C=O) groups is 2. The van der Waals surface area contributed by atoms with Gasteiger partial charge in [0.25, 0.3) is 11.7 Å². The lowest BCUT2D eigenvalue weighted by Gasteiger charge is -2.28. The molecule has 0 radical (unpaired) electrons. The molecular formula is C29H34N2O7. The lowest BCUT2D eigenvalue weighted by Crippen LogP contribution is -2.37. The zero-order valence-electron chi connectivity index (χ0n) is 21.9. The average Bonchev–Trinajstić information content (AvgIpc) is 3.54. The highest BCUT2D eigenvalue weighted by Crippen LogP contribution is 2.43. The van der Waals surface area contributed by atoms with Crippen LogP contribution >= 0.6 is 0 Å². The minimum atomic E-state index is -0.777. The lowest BCUT2D eigenvalue weighted by molar-refractivity contribution is -0.140. The summed E-state index contributed by atoms with van der Waals surface area (Å²) in [7, 11) is 0. The summed E-state index contributed by atoms with van der Waals surface area (Å²) in [6.45, 7) is 8.48. The predicted octanol–water partition coefficient (Wildman–Crippen LogP) is 3.77. The Kier molecular flexibility index (Phi) is 7.74. The molecule has 3 aliphatic rings. The third-order valence-electron chi connectivity index (χ3n) is 7.09. The van der Waals surface area contributed by atoms with Crippen LogP contribution in [0, 0.1) is 0 Å². The van der Waals surface area contributed by atoms with Gasteiger partial charge < -0.3 is 33.9 Å². The van der Waals surface area contributed by atoms with Crippen LogP contribution < -0.4 is 18.9 Å². The van der Waals surface area contributed by atoms with E-state index in [1.54, 1.807) is 35.2 Å². The van der Waals surface area contributed by atoms with E-state index in [2.05, 4.69) is 4.90 Å². The van der Waals surface area contributed by atoms with Crippen LogP contribution in [0.4, 0.5) is 0 Å². The van der Waals surface area contributed by atoms with Gasteiger partial charge in [-0.15, -0.1) is 0 Å². The van der Waals surface area contributed by atoms with Gasteiger partial charge in [-0.1, -0.05) is 6.07 Å². The Hall–Kier alpha value is -3.72. The van der Waals surface area contributed by atoms with Gasteiger partial charge in [0.15, 0.2) is 23.0 Å². The van der Waals surface area contributed by atoms with E-state index in [1.807, 2.05) is 19.9 Å². The number of ether oxygens (including phenoxy) is 4. The van der Waals surface area contributed by atoms with Crippen molar-refractivity contribution in [1.82, 2.24) is 9.80 Å². The average molecular weight is 523 g/mol. The maximum absolute atomic E-state index is 13.4. The van der Waals surface area contributed by atoms with Gasteiger partial charge in [-0.25, -0.2) is 0 Å². The first-order valence-electron chi connectivity index (χ1n) is 13.3. The zero-order valence-corrected chi connectivity index (χ0v) is 21.9. The number of hydrogen-bond donors (Lipinski definition) is 1. The van der Waals surface area contributed by atoms with Gasteiger partial charge >= 0.3 is 0 Å². The number of amides is 1. The third kappa shape index (κ3) is 5.03. The number of Topliss-reactive ketones (excluding diaryl/α,β-unsaturated/α-hetero) is 1. The van der Waals surface area contributed by atoms with Crippen LogP contribution in [-0.2, 0) is 9.59 Å². The van der Waals surface area contributed by atoms with E-state index in [0.29, 0.717) is 73.6 Å². The van der Waals surface area contributed by atoms with Crippen molar-refractivity contribution in [3.8, 4) is 23.0 Å². The van der Waals surface area contributed by atoms with Gasteiger partial charge in [0, 0.05) is 18.7 Å². The molecule has 202 valence electrons. The van der Waals surface area contributed by atoms with Crippen molar-refractivity contribution in [2.45, 2.75) is 32.7 Å². The molecule has 5 rings (SSSR count). The molecule has 3 aliphatic heterocycles. The molecule has 0 saturated carbocycles. The summed E-state index contributed by atoms with van der Waals surface area (Å²) in [6.07, 6.45) is 2.26. The van der Waals surface area contributed by atoms with Gasteiger partial charge in [0.1, 0.15) is 19.0 Å². The topological polar surface area (TPSA) is 97.8 Å². The summed E-state index contributed by atoms with van der Waals surface area (Å²) < 4.78 is 22.8. The van der Waals surface area contributed by atoms with Crippen molar-refractivity contribution in [3.05, 3.63) is 53.1 Å². The molecule has 0 aromatic heterocycles. The standard InChI is InChI=1S/C29H34N2O7/c1-3-35-21-9-7-19(17-23(21)36-4-2)26-25(27(32)20-8-10-22-24(18-20)38-16-15-37-22)28(33)29(34)31(26)14-13-30-11-5-6-12-30/h7-10,17-18,26,32H,3-6,11-16H2,1-2H3/b27-25+. The minimum Gasteiger partial charge on any atom is -0.507 e. The van der Waals surface area contributed by atoms with E-state index in [4.69, 9.17) is 18.9 Å². The molecule has 0 bridgehead atoms. The monoisotopic (exact) mass is 522 g/mol. The maximum Gasteiger partial charge on any atom is 0.295 e. The number of benzene rings is 2. The summed E-state index contributed by atoms with van der Waals surface area (Å²) in [4.78, 5) is 30.7. The number of likely N-dealkylation sites (tertiary alicyclic amines) is 2. The molecule has 9 heteroatoms. The van der Waals surface area contributed by atoms with Crippen LogP contribution in [-0.4, -0.2) is 79.2 Å². The molecule has 0 aliphatic carbocycles. The number of ketones is 1. The van der Waals surface area contributed by atoms with Crippen molar-refractivity contribution in [2.24, 2.45) is 0 Å². The molecule has 2 aromatic carbocycles. The van der Waals surface area contributed by atoms with Gasteiger partial charge in [-0.05, 0) is 75.7 Å². The lowest BCUT2D eigenvalue weighted by atomic mass is 9.94. The third-order valence-corrected chi connectivity index (χ3v) is 7.09. The van der Waals surface area contributed by atoms with Gasteiger partial charge in [-0.3, -0.25) is 9.59 Å². The van der Waals surface area contributed by atoms with E-state index in [1.165, 1.54) is 0 Å². The molecule has 1 N–H and O–H groups in total. The number of nitrogens with zero attached hydrogens (tertiary/aromatic N) is 2. The Bertz CT molecular complexity index is 1240. The van der Waals surface area contributed by atoms with Gasteiger partial charge in [0.05, 0.1) is 24.8 Å². The fourth-order valence-electron chi connectivity index (χ4n) is 5.30. The van der Waals surface area contributed by atoms with E-state index < -0.39 is 17.7 Å². The van der Waals surface area contributed by atoms with Crippen LogP contribution in [0.15, 0.2) is 42.0 Å². The molecule has 2 saturated heterocycles. The summed E-state index contributed by atoms with van der Waals surface area (Å²) in [5, 5.41) is 11.5. The largest absolute Gasteiger partial charge is 0.507 e. The molecule has 3 heterocycles. The molecule has 38 heavy (non-hydrogen) atoms. The molecule has 2 fully saturated rings. The predicted molar refractivity (Wildman–Crippen MR) is 141 cm³/mol. The first-order chi connectivity index (χ1) is 18.5. The SMILES string of the molecule is CCOc1ccc(C2/C(=C(\O)c3ccc4c(c3)OCCO4)C(=O)C(=O)N2CCN2CCCC2)cc1OCC. The molecular weight excluding hydrogens is 488 g/mol. The fraction of sp³-hybridized carbons (Fsp3) is 0.448. The Morgan fingerprint density at radius 1 is 0.921 bits per heavy atom. The second kappa shape index (κ2) is 11.3. The Balaban J connectivity index is 1.58. The van der Waals surface area contributed by atoms with E-state index >= 15 is 0 Å². The number of fused-ring (bicyclic) bond motifs is 1. The van der Waals surface area contributed by atoms with Crippen molar-refractivity contribution in [2.75, 3.05) is 52.6 Å². The molecule has 0 spiro atoms. The molecule has 1 atom stereocenters. The molecule has 9 nitrogen and oxygen atoms in total. The minimum absolute atomic E-state index is 0.0414. The number of aliphatic hydroxyl groups is 1. The van der Waals surface area contributed by atoms with Crippen LogP contribution in [0.25, 0.3) is 5.76 Å². The number of hydrogen-bond acceptors (Lipinski definition) is 8. The smallest absolute Gasteiger partial charge is 0.295 e. The van der Waals surface area contributed by atoms with E-state index in [9.17, 15) is 14.7 Å². The summed E-state index contributed by atoms with van der Waals surface area (Å²) >= 11 is 0. The van der Waals surface area contributed by atoms with E-state index in [-0.39, 0.29) is 11.3 Å². The van der Waals surface area contributed by atoms with E-state index in [0.717, 1.165) is 25.9 Å². The second-order valence-electron chi connectivity index (χ2n) is 9.47. The van der Waals surface area contributed by atoms with Crippen LogP contribution in [0.3, 0.4) is 0 Å². The van der Waals surface area contributed by atoms with Crippen LogP contribution in [0.2, 0.25) is 0 Å². The van der Waals surface area contributed by atoms with Crippen molar-refractivity contribution in [1.29, 1.82) is 0 Å². The van der Waals surface area contributed by atoms with Gasteiger partial charge in [-0.2, -0.15) is 0 Å². The normalized spacial score (nSPS) is 20.7. The van der Waals surface area contributed by atoms with Crippen molar-refractivity contribution < 1.29 is 33.6 Å². The summed E-state index contributed by atoms with van der Waals surface area (Å²) in [5.41, 5.74) is 1.09. The number of aliphatic hydroxyl groups excluding tert-OH is 1. The number of carbonyl (C=O) groups excluding carboxylic acids is 2. The molecule has 1 unspecified atom stereocenters. The summed E-state index contributed by atoms with van der Waals surface area (Å²) in [6, 6.07) is 9.64. The summed E-state index contributed by atoms with van der Waals surface area (Å²) in [5.74, 6) is 0.579. The van der Waals surface area contributed by atoms with Crippen LogP contribution in [0.1, 0.15) is 43.9 Å². The molecule has 2 aromatic rings. The highest BCUT2D eigenvalue weighted by molar-refractivity contribution is 6.46. The quantitative estimate of drug-likeness (QED) is 0.302. The van der Waals surface area contributed by atoms with Crippen LogP contribution in [0.5, 0.6) is 23.0 Å². The zero-order chi connectivity index (χ0) is 26.6. The highest BCUT2D eigenvalue weighted by atomic mass is 16.6. The van der Waals surface area contributed by atoms with Crippen molar-refractivity contribution in [3.63, 3.8) is 0 Å². The fourth-order valence-corrected chi connectivity index (χ4v) is 5.30. The molecule has 1 amide bonds. The first kappa shape index (κ1) is 25.9. The van der Waals surface area contributed by atoms with Crippen molar-refractivity contribution >= 4 is 17.4 Å². The Morgan fingerprint density at radius 3 is 2.37 bits per heavy atom. The highest BCUT2D eigenvalue weighted by Gasteiger charge is 2.46. The Morgan fingerprint density at radius 2 is 1.63 bits per heavy atom. The van der Waals surface area contributed by atoms with Gasteiger partial charge in [0.2, 0.25) is 0 Å². The second-order valence-corrected chi connectivity index (χ2v) is 9.47.